The van der Waals surface area contributed by atoms with Crippen molar-refractivity contribution in [2.45, 2.75) is 44.8 Å². The third-order valence-corrected chi connectivity index (χ3v) is 6.50. The van der Waals surface area contributed by atoms with Gasteiger partial charge in [0.1, 0.15) is 9.84 Å². The van der Waals surface area contributed by atoms with Crippen LogP contribution in [0.1, 0.15) is 40.0 Å². The second-order valence-corrected chi connectivity index (χ2v) is 8.38. The average Bonchev–Trinajstić information content (AvgIpc) is 2.60. The zero-order valence-corrected chi connectivity index (χ0v) is 10.5. The van der Waals surface area contributed by atoms with Crippen molar-refractivity contribution >= 4 is 9.84 Å². The predicted octanol–water partition coefficient (Wildman–Crippen LogP) is 2.72. The molecule has 2 fully saturated rings. The quantitative estimate of drug-likeness (QED) is 0.645. The normalized spacial score (nSPS) is 31.4. The molecule has 15 heavy (non-hydrogen) atoms. The minimum absolute atomic E-state index is 0.270. The van der Waals surface area contributed by atoms with E-state index >= 15 is 0 Å². The van der Waals surface area contributed by atoms with E-state index in [0.717, 1.165) is 24.8 Å². The van der Waals surface area contributed by atoms with Crippen molar-refractivity contribution in [2.24, 2.45) is 11.8 Å². The zero-order chi connectivity index (χ0) is 11.4. The second kappa shape index (κ2) is 3.03. The number of hydrogen-bond donors (Lipinski definition) is 0. The van der Waals surface area contributed by atoms with Gasteiger partial charge in [0.2, 0.25) is 0 Å². The summed E-state index contributed by atoms with van der Waals surface area (Å²) in [5.74, 6) is 0.717. The highest BCUT2D eigenvalue weighted by Gasteiger charge is 2.45. The smallest absolute Gasteiger partial charge is 0.113 e. The first-order chi connectivity index (χ1) is 6.75. The summed E-state index contributed by atoms with van der Waals surface area (Å²) in [6.45, 7) is 9.30. The lowest BCUT2D eigenvalue weighted by molar-refractivity contribution is 0.539. The van der Waals surface area contributed by atoms with E-state index in [1.54, 1.807) is 20.8 Å². The Morgan fingerprint density at radius 1 is 1.33 bits per heavy atom. The van der Waals surface area contributed by atoms with E-state index in [1.807, 2.05) is 0 Å². The van der Waals surface area contributed by atoms with Gasteiger partial charge in [-0.25, -0.2) is 15.0 Å². The molecule has 2 atom stereocenters. The Balaban J connectivity index is 2.38. The van der Waals surface area contributed by atoms with E-state index in [9.17, 15) is 8.42 Å². The molecule has 0 unspecified atom stereocenters. The van der Waals surface area contributed by atoms with Gasteiger partial charge in [-0.15, -0.1) is 0 Å². The predicted molar refractivity (Wildman–Crippen MR) is 61.9 cm³/mol. The van der Waals surface area contributed by atoms with Crippen LogP contribution in [0, 0.1) is 17.1 Å². The minimum atomic E-state index is -3.14. The molecule has 2 aliphatic carbocycles. The Labute approximate surface area is 92.7 Å². The number of hydrogen-bond acceptors (Lipinski definition) is 2. The summed E-state index contributed by atoms with van der Waals surface area (Å²) in [6.07, 6.45) is 3.18. The summed E-state index contributed by atoms with van der Waals surface area (Å²) in [5, 5.41) is 0.672. The van der Waals surface area contributed by atoms with Crippen molar-refractivity contribution in [3.05, 3.63) is 17.4 Å². The Bertz CT molecular complexity index is 386. The molecule has 0 radical (unpaired) electrons. The first-order valence-electron chi connectivity index (χ1n) is 5.56. The monoisotopic (exact) mass is 227 g/mol. The molecule has 2 aliphatic rings. The van der Waals surface area contributed by atoms with E-state index in [4.69, 9.17) is 0 Å². The number of rotatable bonds is 1. The van der Waals surface area contributed by atoms with Gasteiger partial charge >= 0.3 is 0 Å². The number of fused-ring (bicyclic) bond motifs is 2. The lowest BCUT2D eigenvalue weighted by Crippen LogP contribution is -2.35. The van der Waals surface area contributed by atoms with Gasteiger partial charge < -0.3 is 0 Å². The third kappa shape index (κ3) is 1.43. The molecular formula is C12H19O2S-. The summed E-state index contributed by atoms with van der Waals surface area (Å²) in [7, 11) is -3.14. The van der Waals surface area contributed by atoms with Crippen molar-refractivity contribution < 1.29 is 8.42 Å². The molecule has 0 spiro atoms. The molecule has 0 aliphatic heterocycles. The maximum Gasteiger partial charge on any atom is 0.113 e. The molecule has 0 aromatic heterocycles. The van der Waals surface area contributed by atoms with Gasteiger partial charge in [-0.05, 0) is 26.7 Å². The maximum absolute atomic E-state index is 12.4. The van der Waals surface area contributed by atoms with Gasteiger partial charge in [0.15, 0.2) is 0 Å². The average molecular weight is 227 g/mol. The lowest BCUT2D eigenvalue weighted by Gasteiger charge is -2.38. The highest BCUT2D eigenvalue weighted by Crippen LogP contribution is 2.56. The standard InChI is InChI=1S/C12H19O2S/c1-8-9-5-6-10(7-9)11(8)15(13,14)12(2,3)4/h9-10H,1,5-7H2,2-4H3/q-1/t9-,10+/m0/s1. The molecule has 0 aromatic rings. The summed E-state index contributed by atoms with van der Waals surface area (Å²) in [6, 6.07) is 0. The summed E-state index contributed by atoms with van der Waals surface area (Å²) in [5.41, 5.74) is 0.904. The Morgan fingerprint density at radius 2 is 1.93 bits per heavy atom. The minimum Gasteiger partial charge on any atom is -0.242 e. The number of sulfone groups is 1. The first-order valence-corrected chi connectivity index (χ1v) is 7.04. The van der Waals surface area contributed by atoms with Crippen LogP contribution in [0.5, 0.6) is 0 Å². The molecule has 0 saturated heterocycles. The topological polar surface area (TPSA) is 34.1 Å². The molecule has 2 saturated carbocycles. The molecule has 0 aromatic carbocycles. The van der Waals surface area contributed by atoms with Gasteiger partial charge in [-0.1, -0.05) is 30.4 Å². The Morgan fingerprint density at radius 3 is 2.33 bits per heavy atom. The summed E-state index contributed by atoms with van der Waals surface area (Å²) >= 11 is 0. The van der Waals surface area contributed by atoms with Gasteiger partial charge in [-0.3, -0.25) is 0 Å². The van der Waals surface area contributed by atoms with Crippen LogP contribution in [0.4, 0.5) is 0 Å². The van der Waals surface area contributed by atoms with Crippen molar-refractivity contribution in [3.63, 3.8) is 0 Å². The fraction of sp³-hybridized carbons (Fsp3) is 0.750. The van der Waals surface area contributed by atoms with Crippen molar-refractivity contribution in [3.8, 4) is 0 Å². The first kappa shape index (κ1) is 11.1. The molecule has 0 heterocycles. The van der Waals surface area contributed by atoms with E-state index in [-0.39, 0.29) is 5.92 Å². The van der Waals surface area contributed by atoms with Gasteiger partial charge in [0.25, 0.3) is 0 Å². The lowest BCUT2D eigenvalue weighted by atomic mass is 9.96. The van der Waals surface area contributed by atoms with E-state index < -0.39 is 14.6 Å². The highest BCUT2D eigenvalue weighted by atomic mass is 32.2. The van der Waals surface area contributed by atoms with Crippen molar-refractivity contribution in [1.82, 2.24) is 0 Å². The van der Waals surface area contributed by atoms with E-state index in [1.165, 1.54) is 0 Å². The Kier molecular flexibility index (Phi) is 2.24. The van der Waals surface area contributed by atoms with Crippen LogP contribution in [0.25, 0.3) is 0 Å². The molecule has 0 amide bonds. The fourth-order valence-corrected chi connectivity index (χ4v) is 4.55. The van der Waals surface area contributed by atoms with Crippen LogP contribution < -0.4 is 0 Å². The molecular weight excluding hydrogens is 208 g/mol. The van der Waals surface area contributed by atoms with Crippen molar-refractivity contribution in [2.75, 3.05) is 0 Å². The molecule has 86 valence electrons. The largest absolute Gasteiger partial charge is 0.242 e. The summed E-state index contributed by atoms with van der Waals surface area (Å²) in [4.78, 5) is 0. The van der Waals surface area contributed by atoms with E-state index in [0.29, 0.717) is 11.2 Å². The fourth-order valence-electron chi connectivity index (χ4n) is 2.72. The SMILES string of the molecule is C=C1[C-](S(=O)(=O)C(C)(C)C)[C@@H]2CC[C@H]1C2. The maximum atomic E-state index is 12.4. The van der Waals surface area contributed by atoms with Crippen LogP contribution in [-0.2, 0) is 9.84 Å². The summed E-state index contributed by atoms with van der Waals surface area (Å²) < 4.78 is 24.0. The van der Waals surface area contributed by atoms with Crippen LogP contribution in [-0.4, -0.2) is 13.2 Å². The molecule has 2 nitrogen and oxygen atoms in total. The van der Waals surface area contributed by atoms with Crippen LogP contribution in [0.15, 0.2) is 12.2 Å². The molecule has 2 bridgehead atoms. The Hall–Kier alpha value is -0.440. The van der Waals surface area contributed by atoms with Crippen LogP contribution in [0.3, 0.4) is 0 Å². The molecule has 2 rings (SSSR count). The van der Waals surface area contributed by atoms with Gasteiger partial charge in [0, 0.05) is 0 Å². The van der Waals surface area contributed by atoms with Crippen LogP contribution >= 0.6 is 0 Å². The zero-order valence-electron chi connectivity index (χ0n) is 9.71. The van der Waals surface area contributed by atoms with Gasteiger partial charge in [0.05, 0.1) is 4.75 Å². The van der Waals surface area contributed by atoms with Crippen LogP contribution in [0.2, 0.25) is 0 Å². The third-order valence-electron chi connectivity index (χ3n) is 3.71. The van der Waals surface area contributed by atoms with E-state index in [2.05, 4.69) is 6.58 Å². The molecule has 3 heteroatoms. The van der Waals surface area contributed by atoms with Gasteiger partial charge in [-0.2, -0.15) is 5.57 Å². The molecule has 0 N–H and O–H groups in total. The highest BCUT2D eigenvalue weighted by molar-refractivity contribution is 7.95. The second-order valence-electron chi connectivity index (χ2n) is 5.71. The van der Waals surface area contributed by atoms with Crippen molar-refractivity contribution in [1.29, 1.82) is 0 Å².